The zero-order valence-corrected chi connectivity index (χ0v) is 28.3. The van der Waals surface area contributed by atoms with Gasteiger partial charge in [-0.15, -0.1) is 11.3 Å². The first-order valence-corrected chi connectivity index (χ1v) is 18.7. The summed E-state index contributed by atoms with van der Waals surface area (Å²) in [6.45, 7) is 3.50. The molecule has 3 rings (SSSR count). The third-order valence-corrected chi connectivity index (χ3v) is 10.3. The molecule has 0 aliphatic carbocycles. The molecule has 0 bridgehead atoms. The summed E-state index contributed by atoms with van der Waals surface area (Å²) < 4.78 is 1.80. The van der Waals surface area contributed by atoms with E-state index in [1.165, 1.54) is 119 Å². The lowest BCUT2D eigenvalue weighted by atomic mass is 10.0. The number of carboxylic acids is 1. The van der Waals surface area contributed by atoms with Crippen LogP contribution < -0.4 is 10.6 Å². The van der Waals surface area contributed by atoms with E-state index in [0.29, 0.717) is 13.1 Å². The van der Waals surface area contributed by atoms with Crippen LogP contribution in [-0.4, -0.2) is 34.3 Å². The van der Waals surface area contributed by atoms with Crippen molar-refractivity contribution in [1.29, 1.82) is 0 Å². The van der Waals surface area contributed by atoms with Gasteiger partial charge in [-0.2, -0.15) is 0 Å². The van der Waals surface area contributed by atoms with Gasteiger partial charge >= 0.3 is 5.97 Å². The number of rotatable bonds is 25. The molecule has 1 atom stereocenters. The van der Waals surface area contributed by atoms with Crippen molar-refractivity contribution in [2.45, 2.75) is 121 Å². The quantitative estimate of drug-likeness (QED) is 0.0485. The zero-order valence-electron chi connectivity index (χ0n) is 26.7. The van der Waals surface area contributed by atoms with Crippen LogP contribution in [0.4, 0.5) is 5.69 Å². The van der Waals surface area contributed by atoms with Gasteiger partial charge in [-0.3, -0.25) is 9.59 Å². The molecule has 1 unspecified atom stereocenters. The Hall–Kier alpha value is -2.58. The standard InChI is InChI=1S/C36H53N3O3S2/c1-2-3-4-5-6-7-8-9-10-11-12-13-14-15-16-20-26-37-34(40)30(35(41)42)28-43-36-39-33-31(24-21-25-32(33)44-36)38-27-29-22-18-17-19-23-29/h17-19,21-25,30,38H,2-16,20,26-28H2,1H3,(H,37,40)(H,41,42). The fourth-order valence-corrected chi connectivity index (χ4v) is 7.54. The molecule has 0 fully saturated rings. The molecule has 6 nitrogen and oxygen atoms in total. The first-order valence-electron chi connectivity index (χ1n) is 16.9. The van der Waals surface area contributed by atoms with E-state index in [9.17, 15) is 14.7 Å². The fraction of sp³-hybridized carbons (Fsp3) is 0.583. The highest BCUT2D eigenvalue weighted by Crippen LogP contribution is 2.34. The van der Waals surface area contributed by atoms with Crippen LogP contribution in [0.1, 0.15) is 115 Å². The SMILES string of the molecule is CCCCCCCCCCCCCCCCCCNC(=O)C(CSc1nc2c(NCc3ccccc3)cccc2s1)C(=O)O. The monoisotopic (exact) mass is 639 g/mol. The van der Waals surface area contributed by atoms with Crippen molar-refractivity contribution in [2.24, 2.45) is 5.92 Å². The number of hydrogen-bond donors (Lipinski definition) is 3. The normalized spacial score (nSPS) is 11.9. The molecule has 0 saturated heterocycles. The summed E-state index contributed by atoms with van der Waals surface area (Å²) in [5, 5.41) is 16.0. The number of thioether (sulfide) groups is 1. The summed E-state index contributed by atoms with van der Waals surface area (Å²) in [4.78, 5) is 29.3. The molecule has 44 heavy (non-hydrogen) atoms. The minimum Gasteiger partial charge on any atom is -0.481 e. The number of aliphatic carboxylic acids is 1. The lowest BCUT2D eigenvalue weighted by Crippen LogP contribution is -2.37. The molecule has 3 N–H and O–H groups in total. The highest BCUT2D eigenvalue weighted by molar-refractivity contribution is 8.01. The Kier molecular flexibility index (Phi) is 18.0. The van der Waals surface area contributed by atoms with E-state index in [1.54, 1.807) is 0 Å². The minimum atomic E-state index is -1.09. The summed E-state index contributed by atoms with van der Waals surface area (Å²) in [5.74, 6) is -2.43. The summed E-state index contributed by atoms with van der Waals surface area (Å²) in [5.41, 5.74) is 3.00. The van der Waals surface area contributed by atoms with Gasteiger partial charge in [0.15, 0.2) is 4.34 Å². The summed E-state index contributed by atoms with van der Waals surface area (Å²) in [6, 6.07) is 16.2. The number of hydrogen-bond acceptors (Lipinski definition) is 6. The maximum absolute atomic E-state index is 12.7. The Morgan fingerprint density at radius 1 is 0.795 bits per heavy atom. The molecule has 0 spiro atoms. The van der Waals surface area contributed by atoms with Gasteiger partial charge in [0, 0.05) is 18.8 Å². The first kappa shape index (κ1) is 35.9. The Morgan fingerprint density at radius 2 is 1.39 bits per heavy atom. The number of amides is 1. The number of carboxylic acid groups (broad SMARTS) is 1. The number of unbranched alkanes of at least 4 members (excludes halogenated alkanes) is 15. The predicted molar refractivity (Wildman–Crippen MR) is 188 cm³/mol. The second-order valence-corrected chi connectivity index (χ2v) is 14.1. The Labute approximate surface area is 273 Å². The van der Waals surface area contributed by atoms with Gasteiger partial charge < -0.3 is 15.7 Å². The number of anilines is 1. The van der Waals surface area contributed by atoms with Crippen LogP contribution in [0, 0.1) is 5.92 Å². The molecule has 8 heteroatoms. The minimum absolute atomic E-state index is 0.159. The average molecular weight is 640 g/mol. The van der Waals surface area contributed by atoms with Crippen molar-refractivity contribution < 1.29 is 14.7 Å². The molecule has 0 radical (unpaired) electrons. The van der Waals surface area contributed by atoms with Crippen LogP contribution in [0.5, 0.6) is 0 Å². The fourth-order valence-electron chi connectivity index (χ4n) is 5.35. The number of carbonyl (C=O) groups is 2. The second-order valence-electron chi connectivity index (χ2n) is 11.8. The number of carbonyl (C=O) groups excluding carboxylic acids is 1. The van der Waals surface area contributed by atoms with E-state index in [-0.39, 0.29) is 5.75 Å². The van der Waals surface area contributed by atoms with E-state index in [1.807, 2.05) is 36.4 Å². The maximum Gasteiger partial charge on any atom is 0.316 e. The van der Waals surface area contributed by atoms with Crippen LogP contribution in [0.3, 0.4) is 0 Å². The molecule has 2 aromatic carbocycles. The van der Waals surface area contributed by atoms with Crippen LogP contribution in [-0.2, 0) is 16.1 Å². The number of thiazole rings is 1. The maximum atomic E-state index is 12.7. The van der Waals surface area contributed by atoms with Crippen LogP contribution in [0.2, 0.25) is 0 Å². The highest BCUT2D eigenvalue weighted by Gasteiger charge is 2.26. The van der Waals surface area contributed by atoms with E-state index in [4.69, 9.17) is 4.98 Å². The number of aromatic nitrogens is 1. The van der Waals surface area contributed by atoms with E-state index < -0.39 is 17.8 Å². The van der Waals surface area contributed by atoms with Crippen molar-refractivity contribution in [3.8, 4) is 0 Å². The topological polar surface area (TPSA) is 91.3 Å². The number of para-hydroxylation sites is 1. The lowest BCUT2D eigenvalue weighted by Gasteiger charge is -2.12. The number of nitrogens with zero attached hydrogens (tertiary/aromatic N) is 1. The molecule has 3 aromatic rings. The first-order chi connectivity index (χ1) is 21.6. The smallest absolute Gasteiger partial charge is 0.316 e. The number of benzene rings is 2. The second kappa shape index (κ2) is 22.0. The van der Waals surface area contributed by atoms with E-state index >= 15 is 0 Å². The Bertz CT molecular complexity index is 1220. The van der Waals surface area contributed by atoms with Gasteiger partial charge in [0.2, 0.25) is 5.91 Å². The van der Waals surface area contributed by atoms with Crippen molar-refractivity contribution in [1.82, 2.24) is 10.3 Å². The summed E-state index contributed by atoms with van der Waals surface area (Å²) >= 11 is 2.86. The van der Waals surface area contributed by atoms with Gasteiger partial charge in [-0.1, -0.05) is 151 Å². The molecular weight excluding hydrogens is 587 g/mol. The predicted octanol–water partition coefficient (Wildman–Crippen LogP) is 10.1. The van der Waals surface area contributed by atoms with Crippen molar-refractivity contribution in [2.75, 3.05) is 17.6 Å². The summed E-state index contributed by atoms with van der Waals surface area (Å²) in [6.07, 6.45) is 20.8. The molecule has 0 aliphatic heterocycles. The third-order valence-electron chi connectivity index (χ3n) is 8.04. The third kappa shape index (κ3) is 14.0. The molecule has 1 heterocycles. The molecular formula is C36H53N3O3S2. The largest absolute Gasteiger partial charge is 0.481 e. The zero-order chi connectivity index (χ0) is 31.2. The van der Waals surface area contributed by atoms with Crippen molar-refractivity contribution in [3.63, 3.8) is 0 Å². The van der Waals surface area contributed by atoms with E-state index in [0.717, 1.165) is 33.1 Å². The average Bonchev–Trinajstić information content (AvgIpc) is 3.45. The molecule has 1 amide bonds. The Morgan fingerprint density at radius 3 is 1.98 bits per heavy atom. The van der Waals surface area contributed by atoms with Crippen LogP contribution >= 0.6 is 23.1 Å². The molecule has 0 saturated carbocycles. The molecule has 242 valence electrons. The van der Waals surface area contributed by atoms with Crippen LogP contribution in [0.25, 0.3) is 10.2 Å². The van der Waals surface area contributed by atoms with Crippen molar-refractivity contribution >= 4 is 50.9 Å². The highest BCUT2D eigenvalue weighted by atomic mass is 32.2. The number of fused-ring (bicyclic) bond motifs is 1. The van der Waals surface area contributed by atoms with Crippen molar-refractivity contribution in [3.05, 3.63) is 54.1 Å². The van der Waals surface area contributed by atoms with Gasteiger partial charge in [0.1, 0.15) is 11.4 Å². The summed E-state index contributed by atoms with van der Waals surface area (Å²) in [7, 11) is 0. The molecule has 0 aliphatic rings. The van der Waals surface area contributed by atoms with Gasteiger partial charge in [0.25, 0.3) is 0 Å². The van der Waals surface area contributed by atoms with Crippen LogP contribution in [0.15, 0.2) is 52.9 Å². The van der Waals surface area contributed by atoms with Gasteiger partial charge in [-0.05, 0) is 24.1 Å². The van der Waals surface area contributed by atoms with Gasteiger partial charge in [0.05, 0.1) is 10.4 Å². The Balaban J connectivity index is 1.25. The molecule has 1 aromatic heterocycles. The number of nitrogens with one attached hydrogen (secondary N) is 2. The van der Waals surface area contributed by atoms with E-state index in [2.05, 4.69) is 29.7 Å². The lowest BCUT2D eigenvalue weighted by molar-refractivity contribution is -0.145. The van der Waals surface area contributed by atoms with Gasteiger partial charge in [-0.25, -0.2) is 4.98 Å².